The average molecular weight is 423 g/mol. The highest BCUT2D eigenvalue weighted by molar-refractivity contribution is 5.63. The van der Waals surface area contributed by atoms with E-state index in [-0.39, 0.29) is 5.75 Å². The molecule has 3 aromatic heterocycles. The molecule has 0 aliphatic heterocycles. The topological polar surface area (TPSA) is 102 Å². The molecule has 0 unspecified atom stereocenters. The summed E-state index contributed by atoms with van der Waals surface area (Å²) in [5.41, 5.74) is 1.64. The van der Waals surface area contributed by atoms with E-state index < -0.39 is 11.6 Å². The fourth-order valence-corrected chi connectivity index (χ4v) is 2.93. The summed E-state index contributed by atoms with van der Waals surface area (Å²) in [5, 5.41) is 16.6. The Bertz CT molecular complexity index is 1170. The van der Waals surface area contributed by atoms with Gasteiger partial charge in [0.05, 0.1) is 0 Å². The number of rotatable bonds is 7. The molecule has 158 valence electrons. The number of nitrogens with one attached hydrogen (secondary N) is 2. The van der Waals surface area contributed by atoms with E-state index in [9.17, 15) is 8.78 Å². The maximum absolute atomic E-state index is 14.1. The molecule has 2 N–H and O–H groups in total. The van der Waals surface area contributed by atoms with E-state index in [1.54, 1.807) is 30.6 Å². The van der Waals surface area contributed by atoms with Crippen LogP contribution in [0.5, 0.6) is 11.5 Å². The summed E-state index contributed by atoms with van der Waals surface area (Å²) < 4.78 is 33.1. The highest BCUT2D eigenvalue weighted by atomic mass is 19.1. The number of ether oxygens (including phenoxy) is 1. The fraction of sp³-hybridized carbons (Fsp3) is 0.190. The van der Waals surface area contributed by atoms with Gasteiger partial charge in [0.2, 0.25) is 0 Å². The Kier molecular flexibility index (Phi) is 5.78. The summed E-state index contributed by atoms with van der Waals surface area (Å²) in [5.74, 6) is 0.442. The number of aromatic amines is 1. The summed E-state index contributed by atoms with van der Waals surface area (Å²) in [6.07, 6.45) is 4.09. The van der Waals surface area contributed by atoms with Gasteiger partial charge in [0.15, 0.2) is 29.0 Å². The van der Waals surface area contributed by atoms with E-state index in [0.29, 0.717) is 34.7 Å². The Morgan fingerprint density at radius 1 is 1.03 bits per heavy atom. The zero-order valence-corrected chi connectivity index (χ0v) is 16.8. The third kappa shape index (κ3) is 4.97. The normalized spacial score (nSPS) is 11.0. The first-order chi connectivity index (χ1) is 15.0. The highest BCUT2D eigenvalue weighted by Crippen LogP contribution is 2.33. The Morgan fingerprint density at radius 3 is 2.58 bits per heavy atom. The van der Waals surface area contributed by atoms with Crippen LogP contribution in [0, 0.1) is 17.6 Å². The standard InChI is InChI=1S/C21H19F2N7O/c1-12(2)7-13-8-18(31-17-5-4-15(22)9-16(17)23)21(25-10-13)26-19-6-3-14(11-24-19)20-27-29-30-28-20/h3-6,8-12H,7H2,1-2H3,(H,24,25,26)(H,27,28,29,30). The van der Waals surface area contributed by atoms with Crippen molar-refractivity contribution in [3.05, 3.63) is 66.0 Å². The number of tetrazole rings is 1. The van der Waals surface area contributed by atoms with Gasteiger partial charge < -0.3 is 10.1 Å². The lowest BCUT2D eigenvalue weighted by atomic mass is 10.0. The van der Waals surface area contributed by atoms with Crippen LogP contribution in [0.4, 0.5) is 20.4 Å². The molecule has 4 rings (SSSR count). The third-order valence-corrected chi connectivity index (χ3v) is 4.30. The first-order valence-electron chi connectivity index (χ1n) is 9.57. The number of hydrogen-bond donors (Lipinski definition) is 2. The molecule has 0 fully saturated rings. The number of hydrogen-bond acceptors (Lipinski definition) is 7. The molecular weight excluding hydrogens is 404 g/mol. The molecular formula is C21H19F2N7O. The quantitative estimate of drug-likeness (QED) is 0.445. The van der Waals surface area contributed by atoms with Crippen LogP contribution in [0.3, 0.4) is 0 Å². The summed E-state index contributed by atoms with van der Waals surface area (Å²) in [6, 6.07) is 8.44. The van der Waals surface area contributed by atoms with Crippen molar-refractivity contribution in [3.8, 4) is 22.9 Å². The molecule has 4 aromatic rings. The molecule has 0 bridgehead atoms. The Labute approximate surface area is 176 Å². The maximum atomic E-state index is 14.1. The largest absolute Gasteiger partial charge is 0.450 e. The van der Waals surface area contributed by atoms with Gasteiger partial charge in [0.1, 0.15) is 11.6 Å². The molecule has 0 aliphatic carbocycles. The fourth-order valence-electron chi connectivity index (χ4n) is 2.93. The number of benzene rings is 1. The van der Waals surface area contributed by atoms with Gasteiger partial charge >= 0.3 is 0 Å². The smallest absolute Gasteiger partial charge is 0.180 e. The molecule has 0 spiro atoms. The second kappa shape index (κ2) is 8.82. The van der Waals surface area contributed by atoms with Gasteiger partial charge in [-0.1, -0.05) is 13.8 Å². The van der Waals surface area contributed by atoms with Gasteiger partial charge in [-0.3, -0.25) is 0 Å². The van der Waals surface area contributed by atoms with Gasteiger partial charge in [-0.2, -0.15) is 0 Å². The number of halogens is 2. The second-order valence-corrected chi connectivity index (χ2v) is 7.27. The Balaban J connectivity index is 1.62. The van der Waals surface area contributed by atoms with E-state index in [1.165, 1.54) is 6.07 Å². The van der Waals surface area contributed by atoms with Gasteiger partial charge in [-0.25, -0.2) is 23.8 Å². The van der Waals surface area contributed by atoms with Crippen LogP contribution in [0.1, 0.15) is 19.4 Å². The Morgan fingerprint density at radius 2 is 1.90 bits per heavy atom. The van der Waals surface area contributed by atoms with Gasteiger partial charge in [-0.05, 0) is 58.7 Å². The molecule has 0 amide bonds. The monoisotopic (exact) mass is 423 g/mol. The van der Waals surface area contributed by atoms with Gasteiger partial charge in [0.25, 0.3) is 0 Å². The molecule has 0 atom stereocenters. The summed E-state index contributed by atoms with van der Waals surface area (Å²) in [4.78, 5) is 8.76. The van der Waals surface area contributed by atoms with Crippen molar-refractivity contribution in [2.45, 2.75) is 20.3 Å². The third-order valence-electron chi connectivity index (χ3n) is 4.30. The van der Waals surface area contributed by atoms with Crippen molar-refractivity contribution in [1.82, 2.24) is 30.6 Å². The number of pyridine rings is 2. The summed E-state index contributed by atoms with van der Waals surface area (Å²) >= 11 is 0. The Hall–Kier alpha value is -3.95. The van der Waals surface area contributed by atoms with Crippen LogP contribution >= 0.6 is 0 Å². The first-order valence-corrected chi connectivity index (χ1v) is 9.57. The minimum atomic E-state index is -0.802. The SMILES string of the molecule is CC(C)Cc1cnc(Nc2ccc(-c3nnn[nH]3)cn2)c(Oc2ccc(F)cc2F)c1. The van der Waals surface area contributed by atoms with Crippen LogP contribution < -0.4 is 10.1 Å². The number of nitrogens with zero attached hydrogens (tertiary/aromatic N) is 5. The zero-order chi connectivity index (χ0) is 21.8. The molecule has 3 heterocycles. The molecule has 10 heteroatoms. The maximum Gasteiger partial charge on any atom is 0.180 e. The van der Waals surface area contributed by atoms with Crippen LogP contribution in [0.2, 0.25) is 0 Å². The van der Waals surface area contributed by atoms with Gasteiger partial charge in [-0.15, -0.1) is 5.10 Å². The predicted octanol–water partition coefficient (Wildman–Crippen LogP) is 4.67. The van der Waals surface area contributed by atoms with Crippen molar-refractivity contribution in [3.63, 3.8) is 0 Å². The van der Waals surface area contributed by atoms with E-state index in [0.717, 1.165) is 24.1 Å². The van der Waals surface area contributed by atoms with Gasteiger partial charge in [0, 0.05) is 24.0 Å². The molecule has 1 aromatic carbocycles. The second-order valence-electron chi connectivity index (χ2n) is 7.27. The zero-order valence-electron chi connectivity index (χ0n) is 16.8. The average Bonchev–Trinajstić information content (AvgIpc) is 3.27. The van der Waals surface area contributed by atoms with E-state index >= 15 is 0 Å². The molecule has 0 saturated carbocycles. The van der Waals surface area contributed by atoms with Crippen molar-refractivity contribution >= 4 is 11.6 Å². The minimum Gasteiger partial charge on any atom is -0.450 e. The van der Waals surface area contributed by atoms with Crippen molar-refractivity contribution < 1.29 is 13.5 Å². The van der Waals surface area contributed by atoms with E-state index in [2.05, 4.69) is 49.8 Å². The van der Waals surface area contributed by atoms with E-state index in [4.69, 9.17) is 4.74 Å². The first kappa shape index (κ1) is 20.3. The van der Waals surface area contributed by atoms with Crippen LogP contribution in [0.15, 0.2) is 48.8 Å². The highest BCUT2D eigenvalue weighted by Gasteiger charge is 2.14. The lowest BCUT2D eigenvalue weighted by Gasteiger charge is -2.14. The van der Waals surface area contributed by atoms with Crippen molar-refractivity contribution in [2.75, 3.05) is 5.32 Å². The molecule has 31 heavy (non-hydrogen) atoms. The predicted molar refractivity (Wildman–Crippen MR) is 110 cm³/mol. The molecule has 0 saturated heterocycles. The van der Waals surface area contributed by atoms with Crippen molar-refractivity contribution in [1.29, 1.82) is 0 Å². The number of anilines is 2. The molecule has 8 nitrogen and oxygen atoms in total. The van der Waals surface area contributed by atoms with E-state index in [1.807, 2.05) is 0 Å². The van der Waals surface area contributed by atoms with Crippen LogP contribution in [-0.2, 0) is 6.42 Å². The minimum absolute atomic E-state index is 0.103. The lowest BCUT2D eigenvalue weighted by Crippen LogP contribution is -2.02. The number of H-pyrrole nitrogens is 1. The summed E-state index contributed by atoms with van der Waals surface area (Å²) in [6.45, 7) is 4.17. The lowest BCUT2D eigenvalue weighted by molar-refractivity contribution is 0.437. The summed E-state index contributed by atoms with van der Waals surface area (Å²) in [7, 11) is 0. The van der Waals surface area contributed by atoms with Crippen molar-refractivity contribution in [2.24, 2.45) is 5.92 Å². The van der Waals surface area contributed by atoms with Crippen LogP contribution in [0.25, 0.3) is 11.4 Å². The van der Waals surface area contributed by atoms with Crippen LogP contribution in [-0.4, -0.2) is 30.6 Å². The number of aromatic nitrogens is 6. The molecule has 0 radical (unpaired) electrons. The molecule has 0 aliphatic rings.